The molecule has 0 bridgehead atoms. The first-order valence-electron chi connectivity index (χ1n) is 10.7. The highest BCUT2D eigenvalue weighted by atomic mass is 16.3. The molecule has 2 amide bonds. The minimum Gasteiger partial charge on any atom is -0.506 e. The summed E-state index contributed by atoms with van der Waals surface area (Å²) in [6.45, 7) is 3.42. The third-order valence-electron chi connectivity index (χ3n) is 5.58. The van der Waals surface area contributed by atoms with E-state index in [1.165, 1.54) is 4.90 Å². The first-order chi connectivity index (χ1) is 15.6. The zero-order valence-corrected chi connectivity index (χ0v) is 17.8. The van der Waals surface area contributed by atoms with Crippen molar-refractivity contribution >= 4 is 28.9 Å². The van der Waals surface area contributed by atoms with E-state index in [1.54, 1.807) is 30.3 Å². The number of benzene rings is 3. The minimum absolute atomic E-state index is 0.129. The zero-order chi connectivity index (χ0) is 22.3. The molecule has 7 nitrogen and oxygen atoms in total. The Balaban J connectivity index is 1.33. The van der Waals surface area contributed by atoms with E-state index < -0.39 is 0 Å². The highest BCUT2D eigenvalue weighted by molar-refractivity contribution is 6.10. The average molecular weight is 432 g/mol. The van der Waals surface area contributed by atoms with Crippen molar-refractivity contribution in [1.29, 1.82) is 0 Å². The summed E-state index contributed by atoms with van der Waals surface area (Å²) in [4.78, 5) is 28.7. The summed E-state index contributed by atoms with van der Waals surface area (Å²) in [7, 11) is 0. The van der Waals surface area contributed by atoms with Gasteiger partial charge in [0, 0.05) is 5.69 Å². The van der Waals surface area contributed by atoms with E-state index in [0.29, 0.717) is 23.5 Å². The average Bonchev–Trinajstić information content (AvgIpc) is 2.81. The molecule has 4 rings (SSSR count). The lowest BCUT2D eigenvalue weighted by Crippen LogP contribution is -3.15. The standard InChI is InChI=1S/C25H26N4O3/c30-23-13-7-6-12-22(23)29-16-14-28(15-17-29)18-24(31)27-21-11-5-4-10-20(21)25(32)26-19-8-2-1-3-9-19/h1-13,30H,14-18H2,(H,26,32)(H,27,31)/p+1. The molecule has 3 aromatic rings. The van der Waals surface area contributed by atoms with Gasteiger partial charge in [0.2, 0.25) is 0 Å². The number of nitrogens with zero attached hydrogens (tertiary/aromatic N) is 1. The molecule has 32 heavy (non-hydrogen) atoms. The van der Waals surface area contributed by atoms with E-state index >= 15 is 0 Å². The molecule has 0 unspecified atom stereocenters. The molecule has 0 radical (unpaired) electrons. The first-order valence-corrected chi connectivity index (χ1v) is 10.7. The zero-order valence-electron chi connectivity index (χ0n) is 17.8. The molecule has 0 atom stereocenters. The number of rotatable bonds is 6. The number of nitrogens with one attached hydrogen (secondary N) is 3. The Kier molecular flexibility index (Phi) is 6.67. The monoisotopic (exact) mass is 431 g/mol. The number of aromatic hydroxyl groups is 1. The molecule has 0 saturated carbocycles. The molecule has 0 aliphatic carbocycles. The van der Waals surface area contributed by atoms with E-state index in [4.69, 9.17) is 0 Å². The summed E-state index contributed by atoms with van der Waals surface area (Å²) in [5, 5.41) is 15.8. The minimum atomic E-state index is -0.268. The molecule has 0 aromatic heterocycles. The molecule has 7 heteroatoms. The van der Waals surface area contributed by atoms with Crippen molar-refractivity contribution in [2.45, 2.75) is 0 Å². The maximum Gasteiger partial charge on any atom is 0.279 e. The van der Waals surface area contributed by atoms with Crippen molar-refractivity contribution in [2.75, 3.05) is 48.3 Å². The van der Waals surface area contributed by atoms with Gasteiger partial charge in [-0.3, -0.25) is 9.59 Å². The second kappa shape index (κ2) is 9.98. The summed E-state index contributed by atoms with van der Waals surface area (Å²) in [6.07, 6.45) is 0. The van der Waals surface area contributed by atoms with Crippen LogP contribution < -0.4 is 20.4 Å². The van der Waals surface area contributed by atoms with Gasteiger partial charge in [-0.25, -0.2) is 0 Å². The number of carbonyl (C=O) groups excluding carboxylic acids is 2. The number of piperazine rings is 1. The third-order valence-corrected chi connectivity index (χ3v) is 5.58. The van der Waals surface area contributed by atoms with E-state index in [-0.39, 0.29) is 17.6 Å². The molecule has 3 aromatic carbocycles. The van der Waals surface area contributed by atoms with Gasteiger partial charge in [0.05, 0.1) is 43.1 Å². The maximum absolute atomic E-state index is 12.7. The summed E-state index contributed by atoms with van der Waals surface area (Å²) < 4.78 is 0. The van der Waals surface area contributed by atoms with Gasteiger partial charge < -0.3 is 25.5 Å². The molecule has 1 aliphatic heterocycles. The fourth-order valence-electron chi connectivity index (χ4n) is 3.90. The third kappa shape index (κ3) is 5.25. The van der Waals surface area contributed by atoms with Crippen LogP contribution in [0.1, 0.15) is 10.4 Å². The van der Waals surface area contributed by atoms with Crippen LogP contribution in [-0.2, 0) is 4.79 Å². The Hall–Kier alpha value is -3.84. The molecular formula is C25H27N4O3+. The normalized spacial score (nSPS) is 14.1. The van der Waals surface area contributed by atoms with Gasteiger partial charge in [-0.15, -0.1) is 0 Å². The van der Waals surface area contributed by atoms with Crippen LogP contribution in [0.4, 0.5) is 17.1 Å². The quantitative estimate of drug-likeness (QED) is 0.481. The largest absolute Gasteiger partial charge is 0.506 e. The van der Waals surface area contributed by atoms with Gasteiger partial charge in [-0.2, -0.15) is 0 Å². The molecule has 164 valence electrons. The predicted octanol–water partition coefficient (Wildman–Crippen LogP) is 1.99. The lowest BCUT2D eigenvalue weighted by molar-refractivity contribution is -0.892. The molecule has 1 aliphatic rings. The highest BCUT2D eigenvalue weighted by Gasteiger charge is 2.24. The number of quaternary nitrogens is 1. The van der Waals surface area contributed by atoms with Crippen LogP contribution in [0.5, 0.6) is 5.75 Å². The second-order valence-corrected chi connectivity index (χ2v) is 7.82. The number of para-hydroxylation sites is 4. The van der Waals surface area contributed by atoms with Gasteiger partial charge in [-0.1, -0.05) is 42.5 Å². The lowest BCUT2D eigenvalue weighted by Gasteiger charge is -2.33. The number of amides is 2. The Bertz CT molecular complexity index is 1080. The second-order valence-electron chi connectivity index (χ2n) is 7.82. The Morgan fingerprint density at radius 3 is 2.25 bits per heavy atom. The lowest BCUT2D eigenvalue weighted by atomic mass is 10.1. The predicted molar refractivity (Wildman–Crippen MR) is 125 cm³/mol. The maximum atomic E-state index is 12.7. The van der Waals surface area contributed by atoms with Gasteiger partial charge in [-0.05, 0) is 36.4 Å². The van der Waals surface area contributed by atoms with E-state index in [1.807, 2.05) is 48.5 Å². The van der Waals surface area contributed by atoms with Gasteiger partial charge >= 0.3 is 0 Å². The molecule has 1 saturated heterocycles. The topological polar surface area (TPSA) is 86.1 Å². The number of phenols is 1. The summed E-state index contributed by atoms with van der Waals surface area (Å²) in [5.41, 5.74) is 2.45. The van der Waals surface area contributed by atoms with Gasteiger partial charge in [0.25, 0.3) is 11.8 Å². The highest BCUT2D eigenvalue weighted by Crippen LogP contribution is 2.26. The molecule has 1 fully saturated rings. The number of hydrogen-bond acceptors (Lipinski definition) is 4. The van der Waals surface area contributed by atoms with Gasteiger partial charge in [0.15, 0.2) is 6.54 Å². The van der Waals surface area contributed by atoms with Crippen molar-refractivity contribution in [2.24, 2.45) is 0 Å². The summed E-state index contributed by atoms with van der Waals surface area (Å²) in [6, 6.07) is 23.5. The van der Waals surface area contributed by atoms with E-state index in [2.05, 4.69) is 15.5 Å². The van der Waals surface area contributed by atoms with Crippen LogP contribution in [0.2, 0.25) is 0 Å². The molecular weight excluding hydrogens is 404 g/mol. The summed E-state index contributed by atoms with van der Waals surface area (Å²) in [5.74, 6) is -0.120. The smallest absolute Gasteiger partial charge is 0.279 e. The number of phenolic OH excluding ortho intramolecular Hbond substituents is 1. The van der Waals surface area contributed by atoms with E-state index in [0.717, 1.165) is 31.9 Å². The first kappa shape index (κ1) is 21.4. The molecule has 4 N–H and O–H groups in total. The van der Waals surface area contributed by atoms with Crippen LogP contribution in [0, 0.1) is 0 Å². The van der Waals surface area contributed by atoms with Crippen LogP contribution >= 0.6 is 0 Å². The Morgan fingerprint density at radius 2 is 1.50 bits per heavy atom. The van der Waals surface area contributed by atoms with Crippen molar-refractivity contribution in [3.8, 4) is 5.75 Å². The molecule has 1 heterocycles. The van der Waals surface area contributed by atoms with E-state index in [9.17, 15) is 14.7 Å². The SMILES string of the molecule is O=C(C[NH+]1CCN(c2ccccc2O)CC1)Nc1ccccc1C(=O)Nc1ccccc1. The fraction of sp³-hybridized carbons (Fsp3) is 0.200. The summed E-state index contributed by atoms with van der Waals surface area (Å²) >= 11 is 0. The fourth-order valence-corrected chi connectivity index (χ4v) is 3.90. The van der Waals surface area contributed by atoms with Crippen LogP contribution in [0.3, 0.4) is 0 Å². The van der Waals surface area contributed by atoms with Crippen LogP contribution in [-0.4, -0.2) is 49.6 Å². The van der Waals surface area contributed by atoms with Crippen molar-refractivity contribution < 1.29 is 19.6 Å². The van der Waals surface area contributed by atoms with Crippen molar-refractivity contribution in [3.05, 3.63) is 84.4 Å². The van der Waals surface area contributed by atoms with Crippen molar-refractivity contribution in [1.82, 2.24) is 0 Å². The number of anilines is 3. The van der Waals surface area contributed by atoms with Crippen molar-refractivity contribution in [3.63, 3.8) is 0 Å². The molecule has 0 spiro atoms. The Labute approximate surface area is 187 Å². The number of hydrogen-bond donors (Lipinski definition) is 4. The number of carbonyl (C=O) groups is 2. The van der Waals surface area contributed by atoms with Gasteiger partial charge in [0.1, 0.15) is 5.75 Å². The van der Waals surface area contributed by atoms with Crippen LogP contribution in [0.25, 0.3) is 0 Å². The van der Waals surface area contributed by atoms with Crippen LogP contribution in [0.15, 0.2) is 78.9 Å². The Morgan fingerprint density at radius 1 is 0.844 bits per heavy atom.